The second-order valence-electron chi connectivity index (χ2n) is 9.92. The first-order valence-corrected chi connectivity index (χ1v) is 13.2. The normalized spacial score (nSPS) is 20.5. The summed E-state index contributed by atoms with van der Waals surface area (Å²) < 4.78 is 0. The van der Waals surface area contributed by atoms with Gasteiger partial charge in [0.1, 0.15) is 12.1 Å². The van der Waals surface area contributed by atoms with Crippen molar-refractivity contribution < 1.29 is 19.5 Å². The molecule has 2 aliphatic heterocycles. The van der Waals surface area contributed by atoms with Crippen LogP contribution in [0.4, 0.5) is 0 Å². The molecular formula is C30H36N4O4. The van der Waals surface area contributed by atoms with E-state index in [0.717, 1.165) is 28.0 Å². The largest absolute Gasteiger partial charge is 0.391 e. The first-order chi connectivity index (χ1) is 18.2. The third kappa shape index (κ3) is 5.55. The number of rotatable bonds is 8. The highest BCUT2D eigenvalue weighted by Gasteiger charge is 2.44. The molecule has 1 fully saturated rings. The first-order valence-electron chi connectivity index (χ1n) is 13.2. The summed E-state index contributed by atoms with van der Waals surface area (Å²) in [6.07, 6.45) is 1.56. The molecule has 2 aromatic carbocycles. The van der Waals surface area contributed by atoms with E-state index in [1.807, 2.05) is 70.2 Å². The summed E-state index contributed by atoms with van der Waals surface area (Å²) in [4.78, 5) is 47.2. The van der Waals surface area contributed by atoms with Crippen molar-refractivity contribution in [2.75, 3.05) is 6.54 Å². The second kappa shape index (κ2) is 11.7. The number of aliphatic hydroxyl groups excluding tert-OH is 1. The highest BCUT2D eigenvalue weighted by Crippen LogP contribution is 2.28. The first kappa shape index (κ1) is 27.3. The Balaban J connectivity index is 1.42. The molecule has 0 saturated carbocycles. The fourth-order valence-corrected chi connectivity index (χ4v) is 5.23. The lowest BCUT2D eigenvalue weighted by molar-refractivity contribution is -0.142. The number of nitrogens with zero attached hydrogens (tertiary/aromatic N) is 3. The van der Waals surface area contributed by atoms with Crippen molar-refractivity contribution in [1.82, 2.24) is 15.1 Å². The van der Waals surface area contributed by atoms with Crippen LogP contribution in [-0.2, 0) is 22.7 Å². The summed E-state index contributed by atoms with van der Waals surface area (Å²) in [5, 5.41) is 13.3. The number of nitrogens with one attached hydrogen (secondary N) is 1. The number of amides is 3. The van der Waals surface area contributed by atoms with Crippen LogP contribution in [0.2, 0.25) is 0 Å². The minimum Gasteiger partial charge on any atom is -0.391 e. The lowest BCUT2D eigenvalue weighted by atomic mass is 10.0. The van der Waals surface area contributed by atoms with Gasteiger partial charge in [0.15, 0.2) is 0 Å². The zero-order valence-electron chi connectivity index (χ0n) is 22.5. The molecular weight excluding hydrogens is 480 g/mol. The predicted octanol–water partition coefficient (Wildman–Crippen LogP) is 3.54. The van der Waals surface area contributed by atoms with E-state index in [2.05, 4.69) is 10.3 Å². The summed E-state index contributed by atoms with van der Waals surface area (Å²) in [6.45, 7) is 8.47. The van der Waals surface area contributed by atoms with Crippen LogP contribution in [0.25, 0.3) is 5.57 Å². The summed E-state index contributed by atoms with van der Waals surface area (Å²) in [7, 11) is 0. The second-order valence-corrected chi connectivity index (χ2v) is 9.92. The maximum absolute atomic E-state index is 13.6. The molecule has 4 rings (SSSR count). The molecule has 0 spiro atoms. The number of aliphatic imine (C=N–C) groups is 1. The SMILES string of the molecule is CC=N/C(C)=C(\C)c1ccc(CNC(=O)C2C[C@@H](O)CN2C(=O)[C@H](CC)N2Cc3ccccc3C2=O)cc1. The van der Waals surface area contributed by atoms with Gasteiger partial charge in [-0.15, -0.1) is 0 Å². The van der Waals surface area contributed by atoms with E-state index in [1.54, 1.807) is 17.2 Å². The molecule has 1 saturated heterocycles. The van der Waals surface area contributed by atoms with Crippen LogP contribution in [0.5, 0.6) is 0 Å². The van der Waals surface area contributed by atoms with E-state index in [1.165, 1.54) is 4.90 Å². The Kier molecular flexibility index (Phi) is 8.42. The lowest BCUT2D eigenvalue weighted by Crippen LogP contribution is -2.53. The van der Waals surface area contributed by atoms with Gasteiger partial charge in [0.2, 0.25) is 11.8 Å². The van der Waals surface area contributed by atoms with Crippen molar-refractivity contribution in [2.45, 2.75) is 71.8 Å². The van der Waals surface area contributed by atoms with Gasteiger partial charge in [0, 0.05) is 43.5 Å². The van der Waals surface area contributed by atoms with Crippen LogP contribution in [0, 0.1) is 0 Å². The number of fused-ring (bicyclic) bond motifs is 1. The van der Waals surface area contributed by atoms with Crippen molar-refractivity contribution in [3.63, 3.8) is 0 Å². The molecule has 8 heteroatoms. The number of carbonyl (C=O) groups is 3. The van der Waals surface area contributed by atoms with Crippen LogP contribution in [0.1, 0.15) is 67.6 Å². The minimum atomic E-state index is -0.790. The summed E-state index contributed by atoms with van der Waals surface area (Å²) >= 11 is 0. The fraction of sp³-hybridized carbons (Fsp3) is 0.400. The van der Waals surface area contributed by atoms with Crippen LogP contribution in [0.3, 0.4) is 0 Å². The Morgan fingerprint density at radius 1 is 1.16 bits per heavy atom. The van der Waals surface area contributed by atoms with E-state index in [4.69, 9.17) is 0 Å². The Morgan fingerprint density at radius 2 is 1.87 bits per heavy atom. The standard InChI is InChI=1S/C30H36N4O4/c1-5-26(33-17-23-9-7-8-10-25(23)29(33)37)30(38)34-18-24(35)15-27(34)28(36)32-16-21-11-13-22(14-12-21)19(3)20(4)31-6-2/h6-14,24,26-27,35H,5,15-18H2,1-4H3,(H,32,36)/b20-19+,31-6?/t24-,26+,27?/m1/s1. The Bertz CT molecular complexity index is 1270. The Hall–Kier alpha value is -3.78. The van der Waals surface area contributed by atoms with Gasteiger partial charge in [0.25, 0.3) is 5.91 Å². The third-order valence-corrected chi connectivity index (χ3v) is 7.48. The summed E-state index contributed by atoms with van der Waals surface area (Å²) in [5.41, 5.74) is 5.52. The van der Waals surface area contributed by atoms with E-state index >= 15 is 0 Å². The van der Waals surface area contributed by atoms with Crippen molar-refractivity contribution in [1.29, 1.82) is 0 Å². The van der Waals surface area contributed by atoms with E-state index < -0.39 is 18.2 Å². The molecule has 2 aliphatic rings. The Labute approximate surface area is 224 Å². The Morgan fingerprint density at radius 3 is 2.53 bits per heavy atom. The van der Waals surface area contributed by atoms with Crippen molar-refractivity contribution in [3.05, 3.63) is 76.5 Å². The van der Waals surface area contributed by atoms with E-state index in [-0.39, 0.29) is 30.7 Å². The van der Waals surface area contributed by atoms with Crippen LogP contribution >= 0.6 is 0 Å². The summed E-state index contributed by atoms with van der Waals surface area (Å²) in [6, 6.07) is 13.8. The zero-order valence-corrected chi connectivity index (χ0v) is 22.5. The molecule has 0 bridgehead atoms. The molecule has 3 amide bonds. The number of hydrogen-bond acceptors (Lipinski definition) is 5. The van der Waals surface area contributed by atoms with Crippen molar-refractivity contribution >= 4 is 29.5 Å². The zero-order chi connectivity index (χ0) is 27.4. The quantitative estimate of drug-likeness (QED) is 0.524. The molecule has 3 atom stereocenters. The molecule has 0 aliphatic carbocycles. The number of likely N-dealkylation sites (tertiary alicyclic amines) is 1. The maximum Gasteiger partial charge on any atom is 0.255 e. The molecule has 8 nitrogen and oxygen atoms in total. The number of benzene rings is 2. The van der Waals surface area contributed by atoms with Gasteiger partial charge in [-0.1, -0.05) is 49.4 Å². The van der Waals surface area contributed by atoms with Crippen molar-refractivity contribution in [3.8, 4) is 0 Å². The monoisotopic (exact) mass is 516 g/mol. The van der Waals surface area contributed by atoms with E-state index in [0.29, 0.717) is 25.1 Å². The topological polar surface area (TPSA) is 102 Å². The van der Waals surface area contributed by atoms with Crippen LogP contribution < -0.4 is 5.32 Å². The van der Waals surface area contributed by atoms with E-state index in [9.17, 15) is 19.5 Å². The molecule has 0 aromatic heterocycles. The number of β-amino-alcohol motifs (C(OH)–C–C–N with tert-alkyl or cyclic N) is 1. The van der Waals surface area contributed by atoms with Gasteiger partial charge in [-0.2, -0.15) is 0 Å². The van der Waals surface area contributed by atoms with Gasteiger partial charge in [-0.3, -0.25) is 19.4 Å². The average Bonchev–Trinajstić information content (AvgIpc) is 3.48. The predicted molar refractivity (Wildman–Crippen MR) is 147 cm³/mol. The van der Waals surface area contributed by atoms with Gasteiger partial charge < -0.3 is 20.2 Å². The lowest BCUT2D eigenvalue weighted by Gasteiger charge is -2.32. The van der Waals surface area contributed by atoms with Gasteiger partial charge in [-0.25, -0.2) is 0 Å². The highest BCUT2D eigenvalue weighted by molar-refractivity contribution is 6.01. The van der Waals surface area contributed by atoms with Gasteiger partial charge >= 0.3 is 0 Å². The number of hydrogen-bond donors (Lipinski definition) is 2. The highest BCUT2D eigenvalue weighted by atomic mass is 16.3. The molecule has 0 radical (unpaired) electrons. The van der Waals surface area contributed by atoms with Crippen LogP contribution in [-0.4, -0.2) is 63.6 Å². The molecule has 38 heavy (non-hydrogen) atoms. The minimum absolute atomic E-state index is 0.0717. The summed E-state index contributed by atoms with van der Waals surface area (Å²) in [5.74, 6) is -0.789. The fourth-order valence-electron chi connectivity index (χ4n) is 5.23. The number of aliphatic hydroxyl groups is 1. The third-order valence-electron chi connectivity index (χ3n) is 7.48. The number of carbonyl (C=O) groups excluding carboxylic acids is 3. The molecule has 1 unspecified atom stereocenters. The molecule has 2 N–H and O–H groups in total. The van der Waals surface area contributed by atoms with Crippen LogP contribution in [0.15, 0.2) is 59.2 Å². The smallest absolute Gasteiger partial charge is 0.255 e. The average molecular weight is 517 g/mol. The number of allylic oxidation sites excluding steroid dienone is 2. The molecule has 2 aromatic rings. The molecule has 200 valence electrons. The van der Waals surface area contributed by atoms with Gasteiger partial charge in [0.05, 0.1) is 6.10 Å². The van der Waals surface area contributed by atoms with Gasteiger partial charge in [-0.05, 0) is 55.5 Å². The molecule has 2 heterocycles. The van der Waals surface area contributed by atoms with Crippen molar-refractivity contribution in [2.24, 2.45) is 4.99 Å². The maximum atomic E-state index is 13.6.